The van der Waals surface area contributed by atoms with Gasteiger partial charge in [-0.05, 0) is 42.3 Å². The number of hydrogen-bond donors (Lipinski definition) is 1. The monoisotopic (exact) mass is 330 g/mol. The topological polar surface area (TPSA) is 65.9 Å². The molecule has 0 spiro atoms. The van der Waals surface area contributed by atoms with Crippen LogP contribution in [0.25, 0.3) is 10.9 Å². The number of benzene rings is 2. The Hall–Kier alpha value is -3.06. The molecule has 0 saturated carbocycles. The summed E-state index contributed by atoms with van der Waals surface area (Å²) < 4.78 is 5.46. The highest BCUT2D eigenvalue weighted by molar-refractivity contribution is 6.20. The van der Waals surface area contributed by atoms with Gasteiger partial charge in [-0.25, -0.2) is 0 Å². The Bertz CT molecular complexity index is 1100. The number of carbonyl (C=O) groups excluding carboxylic acids is 1. The van der Waals surface area contributed by atoms with Crippen molar-refractivity contribution in [1.29, 1.82) is 5.26 Å². The molecule has 4 nitrogen and oxygen atoms in total. The minimum absolute atomic E-state index is 0.0195. The molecule has 3 aromatic rings. The summed E-state index contributed by atoms with van der Waals surface area (Å²) in [5.74, 6) is 0.803. The van der Waals surface area contributed by atoms with E-state index in [0.29, 0.717) is 11.1 Å². The number of ketones is 1. The van der Waals surface area contributed by atoms with Crippen molar-refractivity contribution in [2.24, 2.45) is 0 Å². The van der Waals surface area contributed by atoms with Crippen LogP contribution in [0.5, 0.6) is 5.75 Å². The van der Waals surface area contributed by atoms with Gasteiger partial charge in [-0.2, -0.15) is 5.26 Å². The molecule has 124 valence electrons. The number of nitrogens with one attached hydrogen (secondary N) is 1. The molecule has 4 heteroatoms. The van der Waals surface area contributed by atoms with Crippen LogP contribution < -0.4 is 4.74 Å². The van der Waals surface area contributed by atoms with E-state index in [-0.39, 0.29) is 11.2 Å². The first kappa shape index (κ1) is 15.5. The van der Waals surface area contributed by atoms with E-state index < -0.39 is 0 Å². The average Bonchev–Trinajstić information content (AvgIpc) is 2.99. The van der Waals surface area contributed by atoms with Crippen molar-refractivity contribution < 1.29 is 9.53 Å². The molecule has 1 heterocycles. The zero-order valence-corrected chi connectivity index (χ0v) is 14.7. The number of ether oxygens (including phenoxy) is 1. The highest BCUT2D eigenvalue weighted by atomic mass is 16.5. The van der Waals surface area contributed by atoms with Gasteiger partial charge in [0.05, 0.1) is 24.3 Å². The third-order valence-electron chi connectivity index (χ3n) is 5.28. The number of nitrogens with zero attached hydrogens (tertiary/aromatic N) is 1. The molecule has 0 atom stereocenters. The minimum Gasteiger partial charge on any atom is -0.496 e. The van der Waals surface area contributed by atoms with E-state index in [9.17, 15) is 4.79 Å². The molecule has 0 saturated heterocycles. The Balaban J connectivity index is 2.09. The Kier molecular flexibility index (Phi) is 3.07. The number of fused-ring (bicyclic) bond motifs is 4. The zero-order chi connectivity index (χ0) is 17.9. The van der Waals surface area contributed by atoms with Crippen LogP contribution in [-0.2, 0) is 5.41 Å². The molecule has 1 N–H and O–H groups in total. The summed E-state index contributed by atoms with van der Waals surface area (Å²) in [6.45, 7) is 6.22. The van der Waals surface area contributed by atoms with Crippen molar-refractivity contribution in [1.82, 2.24) is 4.98 Å². The van der Waals surface area contributed by atoms with Crippen LogP contribution in [0.1, 0.15) is 52.2 Å². The maximum Gasteiger partial charge on any atom is 0.195 e. The molecular weight excluding hydrogens is 312 g/mol. The Morgan fingerprint density at radius 2 is 1.96 bits per heavy atom. The lowest BCUT2D eigenvalue weighted by Gasteiger charge is -2.34. The Morgan fingerprint density at radius 3 is 2.64 bits per heavy atom. The van der Waals surface area contributed by atoms with Crippen molar-refractivity contribution in [3.05, 3.63) is 63.8 Å². The second-order valence-corrected chi connectivity index (χ2v) is 7.02. The number of aromatic amines is 1. The van der Waals surface area contributed by atoms with Gasteiger partial charge >= 0.3 is 0 Å². The summed E-state index contributed by atoms with van der Waals surface area (Å²) in [6.07, 6.45) is 0. The maximum absolute atomic E-state index is 13.3. The van der Waals surface area contributed by atoms with Crippen molar-refractivity contribution in [3.63, 3.8) is 0 Å². The summed E-state index contributed by atoms with van der Waals surface area (Å²) in [4.78, 5) is 16.7. The lowest BCUT2D eigenvalue weighted by Crippen LogP contribution is -2.31. The van der Waals surface area contributed by atoms with E-state index in [2.05, 4.69) is 24.9 Å². The number of nitriles is 1. The smallest absolute Gasteiger partial charge is 0.195 e. The summed E-state index contributed by atoms with van der Waals surface area (Å²) in [5, 5.41) is 10.0. The van der Waals surface area contributed by atoms with E-state index in [4.69, 9.17) is 10.00 Å². The van der Waals surface area contributed by atoms with Crippen molar-refractivity contribution >= 4 is 16.7 Å². The van der Waals surface area contributed by atoms with Crippen LogP contribution in [0.15, 0.2) is 30.3 Å². The van der Waals surface area contributed by atoms with Gasteiger partial charge in [0, 0.05) is 27.6 Å². The number of H-pyrrole nitrogens is 1. The molecule has 0 bridgehead atoms. The lowest BCUT2D eigenvalue weighted by molar-refractivity contribution is 0.103. The van der Waals surface area contributed by atoms with E-state index >= 15 is 0 Å². The van der Waals surface area contributed by atoms with E-state index in [1.165, 1.54) is 0 Å². The molecule has 0 unspecified atom stereocenters. The summed E-state index contributed by atoms with van der Waals surface area (Å²) in [6, 6.07) is 11.3. The van der Waals surface area contributed by atoms with Crippen molar-refractivity contribution in [2.75, 3.05) is 7.11 Å². The Morgan fingerprint density at radius 1 is 1.20 bits per heavy atom. The molecule has 4 rings (SSSR count). The van der Waals surface area contributed by atoms with E-state index in [0.717, 1.165) is 39.0 Å². The molecule has 0 amide bonds. The quantitative estimate of drug-likeness (QED) is 0.726. The zero-order valence-electron chi connectivity index (χ0n) is 14.7. The lowest BCUT2D eigenvalue weighted by atomic mass is 9.69. The Labute approximate surface area is 146 Å². The molecule has 1 aliphatic carbocycles. The first-order valence-electron chi connectivity index (χ1n) is 8.19. The van der Waals surface area contributed by atoms with Gasteiger partial charge in [-0.3, -0.25) is 4.79 Å². The van der Waals surface area contributed by atoms with E-state index in [1.807, 2.05) is 25.1 Å². The summed E-state index contributed by atoms with van der Waals surface area (Å²) in [5.41, 5.74) is 5.34. The van der Waals surface area contributed by atoms with Gasteiger partial charge in [-0.1, -0.05) is 19.9 Å². The highest BCUT2D eigenvalue weighted by Crippen LogP contribution is 2.46. The largest absolute Gasteiger partial charge is 0.496 e. The molecule has 25 heavy (non-hydrogen) atoms. The molecule has 1 aromatic heterocycles. The summed E-state index contributed by atoms with van der Waals surface area (Å²) in [7, 11) is 1.64. The predicted octanol–water partition coefficient (Wildman–Crippen LogP) is 4.23. The molecule has 1 aliphatic rings. The molecular formula is C21H18N2O2. The first-order chi connectivity index (χ1) is 11.9. The van der Waals surface area contributed by atoms with Gasteiger partial charge in [-0.15, -0.1) is 0 Å². The van der Waals surface area contributed by atoms with Crippen LogP contribution in [0.2, 0.25) is 0 Å². The average molecular weight is 330 g/mol. The van der Waals surface area contributed by atoms with Crippen LogP contribution in [0, 0.1) is 18.3 Å². The van der Waals surface area contributed by atoms with Crippen LogP contribution in [0.3, 0.4) is 0 Å². The molecule has 0 radical (unpaired) electrons. The van der Waals surface area contributed by atoms with Crippen LogP contribution >= 0.6 is 0 Å². The van der Waals surface area contributed by atoms with Crippen LogP contribution in [-0.4, -0.2) is 17.9 Å². The molecule has 0 aliphatic heterocycles. The normalized spacial score (nSPS) is 14.8. The fraction of sp³-hybridized carbons (Fsp3) is 0.238. The maximum atomic E-state index is 13.3. The second-order valence-electron chi connectivity index (χ2n) is 7.02. The first-order valence-corrected chi connectivity index (χ1v) is 8.19. The highest BCUT2D eigenvalue weighted by Gasteiger charge is 2.41. The fourth-order valence-corrected chi connectivity index (χ4v) is 4.14. The van der Waals surface area contributed by atoms with Gasteiger partial charge in [0.1, 0.15) is 5.75 Å². The second kappa shape index (κ2) is 4.97. The number of rotatable bonds is 1. The third-order valence-corrected chi connectivity index (χ3v) is 5.28. The number of carbonyl (C=O) groups is 1. The predicted molar refractivity (Wildman–Crippen MR) is 96.3 cm³/mol. The number of methoxy groups -OCH3 is 1. The van der Waals surface area contributed by atoms with Gasteiger partial charge in [0.15, 0.2) is 5.78 Å². The third kappa shape index (κ3) is 1.90. The SMILES string of the molecule is COc1ccc2c(c1C)C(C)(C)c1[nH]c3cc(C#N)ccc3c1C2=O. The molecule has 2 aromatic carbocycles. The van der Waals surface area contributed by atoms with Gasteiger partial charge in [0.25, 0.3) is 0 Å². The van der Waals surface area contributed by atoms with Crippen molar-refractivity contribution in [3.8, 4) is 11.8 Å². The minimum atomic E-state index is -0.372. The number of hydrogen-bond acceptors (Lipinski definition) is 3. The van der Waals surface area contributed by atoms with E-state index in [1.54, 1.807) is 19.2 Å². The number of aromatic nitrogens is 1. The van der Waals surface area contributed by atoms with Crippen LogP contribution in [0.4, 0.5) is 0 Å². The molecule has 0 fully saturated rings. The van der Waals surface area contributed by atoms with Gasteiger partial charge in [0.2, 0.25) is 0 Å². The van der Waals surface area contributed by atoms with Gasteiger partial charge < -0.3 is 9.72 Å². The summed E-state index contributed by atoms with van der Waals surface area (Å²) >= 11 is 0. The standard InChI is InChI=1S/C21H18N2O2/c1-11-16(25-4)8-7-14-18(11)21(2,3)20-17(19(14)24)13-6-5-12(10-22)9-15(13)23-20/h5-9,23H,1-4H3. The fourth-order valence-electron chi connectivity index (χ4n) is 4.14. The van der Waals surface area contributed by atoms with Crippen molar-refractivity contribution in [2.45, 2.75) is 26.2 Å².